The lowest BCUT2D eigenvalue weighted by Crippen LogP contribution is -2.36. The molecule has 1 saturated carbocycles. The quantitative estimate of drug-likeness (QED) is 0.156. The smallest absolute Gasteiger partial charge is 0.201 e. The van der Waals surface area contributed by atoms with Crippen LogP contribution in [0, 0.1) is 60.7 Å². The Morgan fingerprint density at radius 2 is 0.742 bits per heavy atom. The number of aromatic nitrogens is 4. The van der Waals surface area contributed by atoms with Crippen LogP contribution >= 0.6 is 0 Å². The van der Waals surface area contributed by atoms with E-state index in [0.717, 1.165) is 35.2 Å². The average Bonchev–Trinajstić information content (AvgIpc) is 1.53. The Balaban J connectivity index is 0.000000136. The van der Waals surface area contributed by atoms with Crippen molar-refractivity contribution in [1.29, 1.82) is 0 Å². The number of aryl methyl sites for hydroxylation is 12. The monoisotopic (exact) mass is 1190 g/mol. The molecule has 0 N–H and O–H groups in total. The van der Waals surface area contributed by atoms with Gasteiger partial charge in [-0.15, -0.1) is 0 Å². The van der Waals surface area contributed by atoms with Crippen molar-refractivity contribution >= 4 is 0 Å². The van der Waals surface area contributed by atoms with Crippen LogP contribution in [0.15, 0.2) is 122 Å². The molecule has 4 nitrogen and oxygen atoms in total. The number of benzene rings is 4. The summed E-state index contributed by atoms with van der Waals surface area (Å²) in [5, 5.41) is 0. The third-order valence-electron chi connectivity index (χ3n) is 22.5. The van der Waals surface area contributed by atoms with E-state index < -0.39 is 12.7 Å². The van der Waals surface area contributed by atoms with Gasteiger partial charge in [0.2, 0.25) is 22.8 Å². The first kappa shape index (κ1) is 60.1. The molecule has 2 atom stereocenters. The SMILES string of the molecule is Cc1ccc(-c2c3c(cc[n+]2C)C(C)(C)CC3(C)C)c(C)c1.Cc1ccc(-c2c3c(cc[n+]2C)C(C)(C)CC3(C)C)c(C)c1.Cc1ccc(-c2cc3c(c[n+]2C)C(C)(C)CC3(C)C)c(C)c1.[2H]C([2H])([2H])c1ccc(-c2cc3c(c[n+]2C)C2(C)CCC3([2H])C2(C)C)c(C)c1. The molecule has 0 spiro atoms. The molecular weight excluding hydrogens is 1080 g/mol. The molecule has 2 unspecified atom stereocenters. The third kappa shape index (κ3) is 11.4. The van der Waals surface area contributed by atoms with Crippen molar-refractivity contribution in [3.05, 3.63) is 211 Å². The zero-order valence-electron chi connectivity index (χ0n) is 63.9. The Bertz CT molecular complexity index is 4180. The van der Waals surface area contributed by atoms with E-state index in [1.807, 2.05) is 20.0 Å². The lowest BCUT2D eigenvalue weighted by molar-refractivity contribution is -0.661. The van der Waals surface area contributed by atoms with Gasteiger partial charge in [0.1, 0.15) is 28.2 Å². The number of nitrogens with zero attached hydrogens (tertiary/aromatic N) is 4. The Morgan fingerprint density at radius 3 is 1.17 bits per heavy atom. The van der Waals surface area contributed by atoms with Crippen molar-refractivity contribution < 1.29 is 23.8 Å². The Hall–Kier alpha value is -6.52. The summed E-state index contributed by atoms with van der Waals surface area (Å²) in [5.41, 5.74) is 32.6. The summed E-state index contributed by atoms with van der Waals surface area (Å²) in [5.74, 6) is -0.563. The molecule has 4 heteroatoms. The van der Waals surface area contributed by atoms with Gasteiger partial charge in [-0.3, -0.25) is 0 Å². The molecule has 5 aliphatic carbocycles. The minimum Gasteiger partial charge on any atom is -0.201 e. The number of hydrogen-bond acceptors (Lipinski definition) is 0. The number of fused-ring (bicyclic) bond motifs is 8. The highest BCUT2D eigenvalue weighted by atomic mass is 14.9. The molecule has 0 amide bonds. The molecule has 1 fully saturated rings. The minimum atomic E-state index is -2.09. The highest BCUT2D eigenvalue weighted by molar-refractivity contribution is 5.71. The molecule has 13 rings (SSSR count). The Labute approximate surface area is 545 Å². The van der Waals surface area contributed by atoms with E-state index in [1.165, 1.54) is 125 Å². The summed E-state index contributed by atoms with van der Waals surface area (Å²) in [4.78, 5) is 0. The van der Waals surface area contributed by atoms with Crippen LogP contribution in [-0.2, 0) is 66.1 Å². The molecule has 89 heavy (non-hydrogen) atoms. The predicted octanol–water partition coefficient (Wildman–Crippen LogP) is 19.2. The first-order valence-corrected chi connectivity index (χ1v) is 33.2. The van der Waals surface area contributed by atoms with E-state index >= 15 is 0 Å². The second-order valence-electron chi connectivity index (χ2n) is 33.1. The summed E-state index contributed by atoms with van der Waals surface area (Å²) >= 11 is 0. The standard InChI is InChI=1S/C22H28N.3C21H28N/c1-14-7-8-16(15(2)11-14)20-12-17-18-9-10-22(5,21(18,3)4)19(17)13-23(20)6;1-14-8-9-16(15(2)10-14)19-11-17-18(12-22(19)7)21(5,6)13-20(17,3)4;2*1-14-8-9-16(15(2)12-14)19-18-17(10-11-22(19)7)20(3,4)13-21(18,5)6/h7-8,11-13,18H,9-10H2,1-6H3;3*8-12H,13H2,1-7H3/q4*+1/i1D3,18D;;;. The van der Waals surface area contributed by atoms with Gasteiger partial charge in [-0.2, -0.15) is 0 Å². The molecule has 4 heterocycles. The van der Waals surface area contributed by atoms with E-state index in [4.69, 9.17) is 4.11 Å². The lowest BCUT2D eigenvalue weighted by atomic mass is 9.69. The van der Waals surface area contributed by atoms with Crippen LogP contribution in [0.25, 0.3) is 45.0 Å². The van der Waals surface area contributed by atoms with Crippen LogP contribution in [0.5, 0.6) is 0 Å². The van der Waals surface area contributed by atoms with Crippen LogP contribution in [0.4, 0.5) is 0 Å². The van der Waals surface area contributed by atoms with Gasteiger partial charge in [0.15, 0.2) is 24.8 Å². The van der Waals surface area contributed by atoms with Gasteiger partial charge in [0.25, 0.3) is 0 Å². The maximum absolute atomic E-state index is 9.30. The largest absolute Gasteiger partial charge is 0.216 e. The second-order valence-corrected chi connectivity index (χ2v) is 33.1. The van der Waals surface area contributed by atoms with E-state index in [9.17, 15) is 1.37 Å². The summed E-state index contributed by atoms with van der Waals surface area (Å²) in [6.07, 6.45) is 14.6. The molecule has 0 aliphatic heterocycles. The highest BCUT2D eigenvalue weighted by Crippen LogP contribution is 2.67. The van der Waals surface area contributed by atoms with Crippen LogP contribution in [0.2, 0.25) is 0 Å². The first-order valence-electron chi connectivity index (χ1n) is 35.2. The number of rotatable bonds is 4. The topological polar surface area (TPSA) is 15.5 Å². The molecule has 5 aliphatic rings. The summed E-state index contributed by atoms with van der Waals surface area (Å²) in [6, 6.07) is 35.1. The van der Waals surface area contributed by atoms with Crippen molar-refractivity contribution in [1.82, 2.24) is 0 Å². The van der Waals surface area contributed by atoms with Gasteiger partial charge < -0.3 is 0 Å². The summed E-state index contributed by atoms with van der Waals surface area (Å²) < 4.78 is 41.3. The van der Waals surface area contributed by atoms with E-state index in [1.54, 1.807) is 12.1 Å². The zero-order valence-corrected chi connectivity index (χ0v) is 59.9. The van der Waals surface area contributed by atoms with Gasteiger partial charge >= 0.3 is 0 Å². The van der Waals surface area contributed by atoms with Gasteiger partial charge in [-0.05, 0) is 200 Å². The number of hydrogen-bond donors (Lipinski definition) is 0. The van der Waals surface area contributed by atoms with Crippen LogP contribution in [0.3, 0.4) is 0 Å². The van der Waals surface area contributed by atoms with E-state index in [0.29, 0.717) is 5.56 Å². The van der Waals surface area contributed by atoms with Gasteiger partial charge in [-0.1, -0.05) is 175 Å². The fourth-order valence-corrected chi connectivity index (χ4v) is 18.4. The molecule has 8 aromatic rings. The predicted molar refractivity (Wildman–Crippen MR) is 375 cm³/mol. The average molecular weight is 1190 g/mol. The van der Waals surface area contributed by atoms with Crippen LogP contribution in [-0.4, -0.2) is 0 Å². The molecule has 468 valence electrons. The fraction of sp³-hybridized carbons (Fsp3) is 0.482. The van der Waals surface area contributed by atoms with Gasteiger partial charge in [-0.25, -0.2) is 18.3 Å². The van der Waals surface area contributed by atoms with E-state index in [-0.39, 0.29) is 43.3 Å². The zero-order chi connectivity index (χ0) is 68.8. The van der Waals surface area contributed by atoms with Crippen molar-refractivity contribution in [3.8, 4) is 45.0 Å². The van der Waals surface area contributed by atoms with Crippen LogP contribution < -0.4 is 18.3 Å². The van der Waals surface area contributed by atoms with Gasteiger partial charge in [0, 0.05) is 79.7 Å². The molecule has 0 radical (unpaired) electrons. The maximum Gasteiger partial charge on any atom is 0.216 e. The molecular formula is C85H112N4+4. The third-order valence-corrected chi connectivity index (χ3v) is 22.5. The normalized spacial score (nSPS) is 22.3. The van der Waals surface area contributed by atoms with E-state index in [2.05, 4.69) is 288 Å². The first-order chi connectivity index (χ1) is 42.7. The molecule has 4 aromatic carbocycles. The Kier molecular flexibility index (Phi) is 15.1. The highest BCUT2D eigenvalue weighted by Gasteiger charge is 2.61. The second kappa shape index (κ2) is 22.4. The fourth-order valence-electron chi connectivity index (χ4n) is 18.4. The lowest BCUT2D eigenvalue weighted by Gasteiger charge is -2.34. The molecule has 2 bridgehead atoms. The summed E-state index contributed by atoms with van der Waals surface area (Å²) in [7, 11) is 8.58. The molecule has 0 saturated heterocycles. The van der Waals surface area contributed by atoms with Gasteiger partial charge in [0.05, 0.1) is 0 Å². The minimum absolute atomic E-state index is 0.0283. The Morgan fingerprint density at radius 1 is 0.382 bits per heavy atom. The number of pyridine rings is 4. The van der Waals surface area contributed by atoms with Crippen molar-refractivity contribution in [3.63, 3.8) is 0 Å². The van der Waals surface area contributed by atoms with Crippen molar-refractivity contribution in [2.45, 2.75) is 235 Å². The van der Waals surface area contributed by atoms with Crippen molar-refractivity contribution in [2.75, 3.05) is 0 Å². The van der Waals surface area contributed by atoms with Crippen molar-refractivity contribution in [2.24, 2.45) is 33.6 Å². The van der Waals surface area contributed by atoms with Crippen LogP contribution in [0.1, 0.15) is 236 Å². The maximum atomic E-state index is 9.30. The molecule has 4 aromatic heterocycles. The summed E-state index contributed by atoms with van der Waals surface area (Å²) in [6.45, 7) is 48.4.